The first-order valence-corrected chi connectivity index (χ1v) is 7.43. The van der Waals surface area contributed by atoms with Gasteiger partial charge in [-0.1, -0.05) is 17.3 Å². The fourth-order valence-corrected chi connectivity index (χ4v) is 2.99. The number of aromatic nitrogens is 3. The topological polar surface area (TPSA) is 73.0 Å². The molecule has 112 valence electrons. The number of para-hydroxylation sites is 1. The number of amides is 1. The van der Waals surface area contributed by atoms with Crippen LogP contribution in [0.3, 0.4) is 0 Å². The average Bonchev–Trinajstić information content (AvgIpc) is 3.14. The number of benzene rings is 1. The van der Waals surface area contributed by atoms with Crippen LogP contribution >= 0.6 is 0 Å². The lowest BCUT2D eigenvalue weighted by molar-refractivity contribution is -0.121. The Hall–Kier alpha value is -2.63. The summed E-state index contributed by atoms with van der Waals surface area (Å²) in [5.74, 6) is -0.0166. The third-order valence-electron chi connectivity index (χ3n) is 4.09. The minimum Gasteiger partial charge on any atom is -0.356 e. The van der Waals surface area contributed by atoms with Gasteiger partial charge >= 0.3 is 0 Å². The van der Waals surface area contributed by atoms with Crippen molar-refractivity contribution in [3.63, 3.8) is 0 Å². The first-order valence-electron chi connectivity index (χ1n) is 7.43. The third kappa shape index (κ3) is 2.36. The Morgan fingerprint density at radius 1 is 1.36 bits per heavy atom. The molecule has 1 N–H and O–H groups in total. The predicted molar refractivity (Wildman–Crippen MR) is 80.2 cm³/mol. The van der Waals surface area contributed by atoms with Gasteiger partial charge in [0, 0.05) is 36.3 Å². The van der Waals surface area contributed by atoms with Gasteiger partial charge in [-0.25, -0.2) is 0 Å². The minimum atomic E-state index is -0.0166. The molecule has 1 aliphatic heterocycles. The van der Waals surface area contributed by atoms with Gasteiger partial charge in [0.05, 0.1) is 6.42 Å². The summed E-state index contributed by atoms with van der Waals surface area (Å²) in [6.45, 7) is 0.847. The molecule has 0 fully saturated rings. The van der Waals surface area contributed by atoms with Crippen molar-refractivity contribution in [3.8, 4) is 0 Å². The van der Waals surface area contributed by atoms with E-state index in [2.05, 4.69) is 15.6 Å². The maximum absolute atomic E-state index is 12.3. The lowest BCUT2D eigenvalue weighted by atomic mass is 10.0. The Balaban J connectivity index is 1.43. The number of aryl methyl sites for hydroxylation is 1. The van der Waals surface area contributed by atoms with E-state index in [1.807, 2.05) is 35.0 Å². The van der Waals surface area contributed by atoms with Crippen LogP contribution in [0.1, 0.15) is 17.8 Å². The van der Waals surface area contributed by atoms with Gasteiger partial charge in [-0.2, -0.15) is 5.10 Å². The molecule has 4 rings (SSSR count). The largest absolute Gasteiger partial charge is 0.356 e. The molecule has 3 aromatic rings. The number of carbonyl (C=O) groups is 1. The summed E-state index contributed by atoms with van der Waals surface area (Å²) in [7, 11) is 0. The van der Waals surface area contributed by atoms with Crippen LogP contribution < -0.4 is 5.32 Å². The zero-order valence-corrected chi connectivity index (χ0v) is 12.0. The molecule has 1 amide bonds. The second kappa shape index (κ2) is 5.29. The Labute approximate surface area is 127 Å². The van der Waals surface area contributed by atoms with Crippen LogP contribution in [0.4, 0.5) is 0 Å². The summed E-state index contributed by atoms with van der Waals surface area (Å²) in [6.07, 6.45) is 3.78. The molecular weight excluding hydrogens is 280 g/mol. The van der Waals surface area contributed by atoms with Gasteiger partial charge in [0.15, 0.2) is 5.58 Å². The van der Waals surface area contributed by atoms with Crippen LogP contribution in [0.2, 0.25) is 0 Å². The van der Waals surface area contributed by atoms with E-state index in [0.717, 1.165) is 24.8 Å². The van der Waals surface area contributed by atoms with Gasteiger partial charge in [-0.05, 0) is 24.6 Å². The average molecular weight is 296 g/mol. The Morgan fingerprint density at radius 3 is 3.23 bits per heavy atom. The lowest BCUT2D eigenvalue weighted by Crippen LogP contribution is -2.41. The van der Waals surface area contributed by atoms with E-state index in [1.54, 1.807) is 6.20 Å². The summed E-state index contributed by atoms with van der Waals surface area (Å²) in [5.41, 5.74) is 2.57. The highest BCUT2D eigenvalue weighted by molar-refractivity contribution is 5.86. The smallest absolute Gasteiger partial charge is 0.226 e. The van der Waals surface area contributed by atoms with Gasteiger partial charge < -0.3 is 9.84 Å². The van der Waals surface area contributed by atoms with Crippen LogP contribution in [-0.4, -0.2) is 26.9 Å². The van der Waals surface area contributed by atoms with Gasteiger partial charge in [-0.3, -0.25) is 9.48 Å². The standard InChI is InChI=1S/C16H16N4O2/c21-16(10-14-13-3-1-2-4-15(13)22-19-14)18-11-6-8-20-12(9-11)5-7-17-20/h1-5,7,11H,6,8-10H2,(H,18,21)/t11-/m0/s1. The van der Waals surface area contributed by atoms with Crippen LogP contribution in [-0.2, 0) is 24.2 Å². The normalized spacial score (nSPS) is 17.4. The number of carbonyl (C=O) groups excluding carboxylic acids is 1. The van der Waals surface area contributed by atoms with E-state index in [9.17, 15) is 4.79 Å². The summed E-state index contributed by atoms with van der Waals surface area (Å²) in [6, 6.07) is 9.75. The molecule has 1 atom stereocenters. The number of hydrogen-bond donors (Lipinski definition) is 1. The summed E-state index contributed by atoms with van der Waals surface area (Å²) >= 11 is 0. The molecule has 0 bridgehead atoms. The van der Waals surface area contributed by atoms with Gasteiger partial charge in [0.2, 0.25) is 5.91 Å². The van der Waals surface area contributed by atoms with E-state index >= 15 is 0 Å². The fraction of sp³-hybridized carbons (Fsp3) is 0.312. The molecule has 0 unspecified atom stereocenters. The Kier molecular flexibility index (Phi) is 3.14. The maximum atomic E-state index is 12.3. The van der Waals surface area contributed by atoms with Crippen molar-refractivity contribution in [3.05, 3.63) is 47.9 Å². The molecule has 1 aromatic carbocycles. The summed E-state index contributed by atoms with van der Waals surface area (Å²) < 4.78 is 7.23. The molecule has 3 heterocycles. The Bertz CT molecular complexity index is 820. The van der Waals surface area contributed by atoms with Crippen molar-refractivity contribution in [2.75, 3.05) is 0 Å². The highest BCUT2D eigenvalue weighted by atomic mass is 16.5. The monoisotopic (exact) mass is 296 g/mol. The van der Waals surface area contributed by atoms with Crippen molar-refractivity contribution in [2.24, 2.45) is 0 Å². The number of hydrogen-bond acceptors (Lipinski definition) is 4. The molecule has 0 aliphatic carbocycles. The minimum absolute atomic E-state index is 0.0166. The van der Waals surface area contributed by atoms with E-state index in [4.69, 9.17) is 4.52 Å². The molecule has 22 heavy (non-hydrogen) atoms. The van der Waals surface area contributed by atoms with Crippen LogP contribution in [0.15, 0.2) is 41.1 Å². The van der Waals surface area contributed by atoms with Gasteiger partial charge in [-0.15, -0.1) is 0 Å². The molecule has 6 heteroatoms. The van der Waals surface area contributed by atoms with Crippen molar-refractivity contribution in [1.82, 2.24) is 20.3 Å². The maximum Gasteiger partial charge on any atom is 0.226 e. The molecule has 1 aliphatic rings. The fourth-order valence-electron chi connectivity index (χ4n) is 2.99. The van der Waals surface area contributed by atoms with Crippen molar-refractivity contribution in [2.45, 2.75) is 31.8 Å². The zero-order chi connectivity index (χ0) is 14.9. The summed E-state index contributed by atoms with van der Waals surface area (Å²) in [4.78, 5) is 12.3. The van der Waals surface area contributed by atoms with Crippen molar-refractivity contribution in [1.29, 1.82) is 0 Å². The molecule has 6 nitrogen and oxygen atoms in total. The highest BCUT2D eigenvalue weighted by Crippen LogP contribution is 2.18. The summed E-state index contributed by atoms with van der Waals surface area (Å²) in [5, 5.41) is 12.2. The first-order chi connectivity index (χ1) is 10.8. The Morgan fingerprint density at radius 2 is 2.27 bits per heavy atom. The van der Waals surface area contributed by atoms with Gasteiger partial charge in [0.1, 0.15) is 5.69 Å². The second-order valence-corrected chi connectivity index (χ2v) is 5.61. The molecule has 0 saturated carbocycles. The number of fused-ring (bicyclic) bond motifs is 2. The number of nitrogens with one attached hydrogen (secondary N) is 1. The molecule has 0 saturated heterocycles. The zero-order valence-electron chi connectivity index (χ0n) is 12.0. The first kappa shape index (κ1) is 13.1. The molecule has 0 spiro atoms. The quantitative estimate of drug-likeness (QED) is 0.798. The van der Waals surface area contributed by atoms with Crippen molar-refractivity contribution >= 4 is 16.9 Å². The number of rotatable bonds is 3. The van der Waals surface area contributed by atoms with Crippen LogP contribution in [0, 0.1) is 0 Å². The van der Waals surface area contributed by atoms with Crippen LogP contribution in [0.5, 0.6) is 0 Å². The second-order valence-electron chi connectivity index (χ2n) is 5.61. The van der Waals surface area contributed by atoms with E-state index < -0.39 is 0 Å². The predicted octanol–water partition coefficient (Wildman–Crippen LogP) is 1.70. The van der Waals surface area contributed by atoms with E-state index in [0.29, 0.717) is 11.3 Å². The highest BCUT2D eigenvalue weighted by Gasteiger charge is 2.21. The number of nitrogens with zero attached hydrogens (tertiary/aromatic N) is 3. The molecular formula is C16H16N4O2. The third-order valence-corrected chi connectivity index (χ3v) is 4.09. The van der Waals surface area contributed by atoms with E-state index in [-0.39, 0.29) is 18.4 Å². The van der Waals surface area contributed by atoms with Crippen molar-refractivity contribution < 1.29 is 9.32 Å². The molecule has 2 aromatic heterocycles. The molecule has 0 radical (unpaired) electrons. The van der Waals surface area contributed by atoms with Gasteiger partial charge in [0.25, 0.3) is 0 Å². The SMILES string of the molecule is O=C(Cc1noc2ccccc12)N[C@H]1CCn2nccc2C1. The van der Waals surface area contributed by atoms with Crippen LogP contribution in [0.25, 0.3) is 11.0 Å². The van der Waals surface area contributed by atoms with E-state index in [1.165, 1.54) is 5.69 Å². The lowest BCUT2D eigenvalue weighted by Gasteiger charge is -2.24.